The molecule has 6 unspecified atom stereocenters. The van der Waals surface area contributed by atoms with Gasteiger partial charge in [-0.05, 0) is 57.8 Å². The molecule has 1 heterocycles. The van der Waals surface area contributed by atoms with Crippen LogP contribution < -0.4 is 16.0 Å². The van der Waals surface area contributed by atoms with E-state index in [9.17, 15) is 32.3 Å². The highest BCUT2D eigenvalue weighted by Crippen LogP contribution is 2.52. The minimum atomic E-state index is -4.22. The van der Waals surface area contributed by atoms with Crippen LogP contribution in [0.5, 0.6) is 0 Å². The number of piperidine rings is 1. The van der Waals surface area contributed by atoms with Crippen LogP contribution in [0.25, 0.3) is 0 Å². The topological polar surface area (TPSA) is 99.7 Å². The zero-order chi connectivity index (χ0) is 26.1. The normalized spacial score (nSPS) is 41.1. The Morgan fingerprint density at radius 1 is 1.11 bits per heavy atom. The molecule has 1 saturated heterocycles. The summed E-state index contributed by atoms with van der Waals surface area (Å²) in [4.78, 5) is 25.6. The van der Waals surface area contributed by atoms with Gasteiger partial charge in [-0.3, -0.25) is 9.59 Å². The van der Waals surface area contributed by atoms with Crippen molar-refractivity contribution in [1.29, 1.82) is 0 Å². The highest BCUT2D eigenvalue weighted by Gasteiger charge is 2.58. The summed E-state index contributed by atoms with van der Waals surface area (Å²) in [6.45, 7) is -0.147. The molecule has 4 aliphatic carbocycles. The largest absolute Gasteiger partial charge is 0.393 e. The van der Waals surface area contributed by atoms with Gasteiger partial charge < -0.3 is 25.8 Å². The third-order valence-corrected chi connectivity index (χ3v) is 9.25. The number of rotatable bonds is 7. The summed E-state index contributed by atoms with van der Waals surface area (Å²) in [5.74, 6) is -1.98. The van der Waals surface area contributed by atoms with Crippen LogP contribution in [0.4, 0.5) is 17.6 Å². The van der Waals surface area contributed by atoms with Crippen LogP contribution in [-0.2, 0) is 14.3 Å². The van der Waals surface area contributed by atoms with Crippen molar-refractivity contribution in [2.24, 2.45) is 11.3 Å². The molecule has 0 aromatic carbocycles. The van der Waals surface area contributed by atoms with E-state index in [-0.39, 0.29) is 62.9 Å². The predicted octanol–water partition coefficient (Wildman–Crippen LogP) is 2.73. The van der Waals surface area contributed by atoms with E-state index in [0.717, 1.165) is 0 Å². The van der Waals surface area contributed by atoms with E-state index in [1.165, 1.54) is 0 Å². The SMILES string of the molecule is O=C(COC1CCC(Cl)C(F)C1)NC12CCC(C(=O)NCC3CCC(C(F)(F)F)CN3)(CC1)C(O)C2. The Morgan fingerprint density at radius 3 is 2.42 bits per heavy atom. The number of aliphatic hydroxyl groups is 1. The highest BCUT2D eigenvalue weighted by atomic mass is 35.5. The number of alkyl halides is 5. The number of aliphatic hydroxyl groups excluding tert-OH is 1. The van der Waals surface area contributed by atoms with Gasteiger partial charge in [0.1, 0.15) is 12.8 Å². The molecule has 4 N–H and O–H groups in total. The molecule has 5 aliphatic rings. The monoisotopic (exact) mass is 541 g/mol. The molecule has 206 valence electrons. The number of carbonyl (C=O) groups excluding carboxylic acids is 2. The van der Waals surface area contributed by atoms with E-state index < -0.39 is 40.7 Å². The van der Waals surface area contributed by atoms with Crippen molar-refractivity contribution >= 4 is 23.4 Å². The minimum Gasteiger partial charge on any atom is -0.392 e. The molecule has 0 radical (unpaired) electrons. The molecule has 4 saturated carbocycles. The molecule has 0 aromatic rings. The number of carbonyl (C=O) groups is 2. The first-order valence-corrected chi connectivity index (χ1v) is 13.3. The van der Waals surface area contributed by atoms with E-state index in [1.54, 1.807) is 0 Å². The Kier molecular flexibility index (Phi) is 8.44. The summed E-state index contributed by atoms with van der Waals surface area (Å²) in [5.41, 5.74) is -1.57. The molecular formula is C24H36ClF4N3O4. The fourth-order valence-corrected chi connectivity index (χ4v) is 6.54. The van der Waals surface area contributed by atoms with E-state index in [2.05, 4.69) is 16.0 Å². The molecule has 5 rings (SSSR count). The molecule has 12 heteroatoms. The zero-order valence-corrected chi connectivity index (χ0v) is 21.0. The van der Waals surface area contributed by atoms with Crippen molar-refractivity contribution in [2.45, 2.75) is 106 Å². The van der Waals surface area contributed by atoms with Crippen molar-refractivity contribution < 1.29 is 37.0 Å². The molecule has 0 aromatic heterocycles. The number of hydrogen-bond acceptors (Lipinski definition) is 5. The van der Waals surface area contributed by atoms with Gasteiger partial charge in [0.25, 0.3) is 0 Å². The molecule has 2 bridgehead atoms. The smallest absolute Gasteiger partial charge is 0.392 e. The fraction of sp³-hybridized carbons (Fsp3) is 0.917. The lowest BCUT2D eigenvalue weighted by atomic mass is 9.55. The van der Waals surface area contributed by atoms with Crippen LogP contribution in [0.1, 0.15) is 64.2 Å². The second kappa shape index (κ2) is 10.9. The van der Waals surface area contributed by atoms with Crippen molar-refractivity contribution in [1.82, 2.24) is 16.0 Å². The molecule has 5 fully saturated rings. The number of nitrogens with one attached hydrogen (secondary N) is 3. The van der Waals surface area contributed by atoms with Gasteiger partial charge in [0.2, 0.25) is 11.8 Å². The number of fused-ring (bicyclic) bond motifs is 3. The molecule has 0 spiro atoms. The Morgan fingerprint density at radius 2 is 1.83 bits per heavy atom. The van der Waals surface area contributed by atoms with Crippen molar-refractivity contribution in [3.63, 3.8) is 0 Å². The van der Waals surface area contributed by atoms with Crippen LogP contribution >= 0.6 is 11.6 Å². The number of halogens is 5. The summed E-state index contributed by atoms with van der Waals surface area (Å²) in [6, 6.07) is -0.237. The van der Waals surface area contributed by atoms with E-state index >= 15 is 0 Å². The standard InChI is InChI=1S/C24H36ClF4N3O4/c25-17-4-3-16(9-18(17)26)36-13-20(34)32-22-5-7-23(8-6-22,19(33)10-22)21(35)31-12-15-2-1-14(11-30-15)24(27,28)29/h14-19,30,33H,1-13H2,(H,31,35)(H,32,34). The van der Waals surface area contributed by atoms with Crippen LogP contribution in [0.15, 0.2) is 0 Å². The average molecular weight is 542 g/mol. The Hall–Kier alpha value is -1.17. The second-order valence-electron chi connectivity index (χ2n) is 11.1. The molecule has 7 nitrogen and oxygen atoms in total. The number of amides is 2. The van der Waals surface area contributed by atoms with Gasteiger partial charge in [-0.1, -0.05) is 0 Å². The fourth-order valence-electron chi connectivity index (χ4n) is 6.31. The maximum atomic E-state index is 13.8. The summed E-state index contributed by atoms with van der Waals surface area (Å²) >= 11 is 5.89. The Bertz CT molecular complexity index is 801. The van der Waals surface area contributed by atoms with E-state index in [1.807, 2.05) is 0 Å². The van der Waals surface area contributed by atoms with Crippen molar-refractivity contribution in [3.05, 3.63) is 0 Å². The number of hydrogen-bond donors (Lipinski definition) is 4. The van der Waals surface area contributed by atoms with Crippen LogP contribution in [0.2, 0.25) is 0 Å². The third-order valence-electron chi connectivity index (χ3n) is 8.76. The lowest BCUT2D eigenvalue weighted by Crippen LogP contribution is -2.66. The van der Waals surface area contributed by atoms with Gasteiger partial charge in [0.05, 0.1) is 28.9 Å². The first-order chi connectivity index (χ1) is 16.9. The van der Waals surface area contributed by atoms with Crippen molar-refractivity contribution in [2.75, 3.05) is 19.7 Å². The van der Waals surface area contributed by atoms with Crippen LogP contribution in [0.3, 0.4) is 0 Å². The Labute approximate surface area is 213 Å². The maximum Gasteiger partial charge on any atom is 0.393 e. The molecule has 6 atom stereocenters. The third kappa shape index (κ3) is 6.10. The van der Waals surface area contributed by atoms with Gasteiger partial charge in [-0.15, -0.1) is 11.6 Å². The Balaban J connectivity index is 1.22. The summed E-state index contributed by atoms with van der Waals surface area (Å²) in [5, 5.41) is 19.1. The summed E-state index contributed by atoms with van der Waals surface area (Å²) in [6.07, 6.45) is -2.95. The summed E-state index contributed by atoms with van der Waals surface area (Å²) in [7, 11) is 0. The highest BCUT2D eigenvalue weighted by molar-refractivity contribution is 6.21. The van der Waals surface area contributed by atoms with E-state index in [4.69, 9.17) is 16.3 Å². The minimum absolute atomic E-state index is 0.0269. The van der Waals surface area contributed by atoms with Gasteiger partial charge in [0.15, 0.2) is 0 Å². The molecular weight excluding hydrogens is 506 g/mol. The van der Waals surface area contributed by atoms with Crippen molar-refractivity contribution in [3.8, 4) is 0 Å². The summed E-state index contributed by atoms with van der Waals surface area (Å²) < 4.78 is 57.9. The lowest BCUT2D eigenvalue weighted by molar-refractivity contribution is -0.179. The first-order valence-electron chi connectivity index (χ1n) is 12.9. The average Bonchev–Trinajstić information content (AvgIpc) is 2.83. The number of ether oxygens (including phenoxy) is 1. The van der Waals surface area contributed by atoms with Gasteiger partial charge >= 0.3 is 6.18 Å². The zero-order valence-electron chi connectivity index (χ0n) is 20.2. The van der Waals surface area contributed by atoms with Gasteiger partial charge in [0, 0.05) is 31.1 Å². The first kappa shape index (κ1) is 27.9. The molecule has 2 amide bonds. The molecule has 1 aliphatic heterocycles. The predicted molar refractivity (Wildman–Crippen MR) is 124 cm³/mol. The van der Waals surface area contributed by atoms with Gasteiger partial charge in [-0.25, -0.2) is 4.39 Å². The maximum absolute atomic E-state index is 13.8. The lowest BCUT2D eigenvalue weighted by Gasteiger charge is -2.55. The van der Waals surface area contributed by atoms with Gasteiger partial charge in [-0.2, -0.15) is 13.2 Å². The molecule has 36 heavy (non-hydrogen) atoms. The van der Waals surface area contributed by atoms with Crippen LogP contribution in [-0.4, -0.2) is 78.1 Å². The quantitative estimate of drug-likeness (QED) is 0.293. The second-order valence-corrected chi connectivity index (χ2v) is 11.7. The van der Waals surface area contributed by atoms with Crippen LogP contribution in [0, 0.1) is 11.3 Å². The van der Waals surface area contributed by atoms with E-state index in [0.29, 0.717) is 44.9 Å².